The van der Waals surface area contributed by atoms with Gasteiger partial charge < -0.3 is 9.84 Å². The fraction of sp³-hybridized carbons (Fsp3) is 0.857. The normalized spacial score (nSPS) is 13.5. The third-order valence-electron chi connectivity index (χ3n) is 1.51. The van der Waals surface area contributed by atoms with E-state index in [2.05, 4.69) is 9.46 Å². The number of hydrogen-bond acceptors (Lipinski definition) is 5. The molecule has 0 aliphatic carbocycles. The van der Waals surface area contributed by atoms with E-state index in [0.29, 0.717) is 6.42 Å². The average Bonchev–Trinajstić information content (AvgIpc) is 2.22. The summed E-state index contributed by atoms with van der Waals surface area (Å²) in [6, 6.07) is -1.27. The molecule has 15 heavy (non-hydrogen) atoms. The molecule has 7 nitrogen and oxygen atoms in total. The molecular weight excluding hydrogens is 224 g/mol. The third-order valence-corrected chi connectivity index (χ3v) is 2.69. The summed E-state index contributed by atoms with van der Waals surface area (Å²) < 4.78 is 30.9. The zero-order valence-electron chi connectivity index (χ0n) is 8.69. The zero-order chi connectivity index (χ0) is 11.9. The summed E-state index contributed by atoms with van der Waals surface area (Å²) in [5, 5.41) is 8.76. The number of esters is 1. The van der Waals surface area contributed by atoms with Gasteiger partial charge in [-0.2, -0.15) is 13.1 Å². The molecule has 0 saturated heterocycles. The Labute approximate surface area is 89.0 Å². The molecule has 0 aromatic rings. The monoisotopic (exact) mass is 240 g/mol. The van der Waals surface area contributed by atoms with Gasteiger partial charge in [-0.15, -0.1) is 0 Å². The molecule has 0 bridgehead atoms. The lowest BCUT2D eigenvalue weighted by molar-refractivity contribution is -0.143. The second-order valence-corrected chi connectivity index (χ2v) is 4.31. The molecule has 0 rings (SSSR count). The Morgan fingerprint density at radius 3 is 2.53 bits per heavy atom. The third kappa shape index (κ3) is 5.67. The van der Waals surface area contributed by atoms with Crippen LogP contribution in [-0.2, 0) is 19.7 Å². The number of methoxy groups -OCH3 is 1. The highest BCUT2D eigenvalue weighted by molar-refractivity contribution is 7.87. The van der Waals surface area contributed by atoms with Crippen LogP contribution in [0.15, 0.2) is 0 Å². The highest BCUT2D eigenvalue weighted by Crippen LogP contribution is 1.90. The largest absolute Gasteiger partial charge is 0.468 e. The SMILES string of the molecule is CCCNS(=O)(=O)NC(CO)C(=O)OC. The Bertz CT molecular complexity index is 290. The molecule has 3 N–H and O–H groups in total. The van der Waals surface area contributed by atoms with Crippen molar-refractivity contribution in [3.63, 3.8) is 0 Å². The lowest BCUT2D eigenvalue weighted by Crippen LogP contribution is -2.48. The van der Waals surface area contributed by atoms with Gasteiger partial charge in [-0.25, -0.2) is 4.72 Å². The van der Waals surface area contributed by atoms with Crippen molar-refractivity contribution in [2.45, 2.75) is 19.4 Å². The lowest BCUT2D eigenvalue weighted by Gasteiger charge is -2.14. The topological polar surface area (TPSA) is 105 Å². The summed E-state index contributed by atoms with van der Waals surface area (Å²) >= 11 is 0. The molecule has 0 spiro atoms. The number of ether oxygens (including phenoxy) is 1. The zero-order valence-corrected chi connectivity index (χ0v) is 9.50. The molecule has 1 atom stereocenters. The molecule has 0 fully saturated rings. The predicted octanol–water partition coefficient (Wildman–Crippen LogP) is -1.65. The molecule has 0 saturated carbocycles. The van der Waals surface area contributed by atoms with Gasteiger partial charge in [0.05, 0.1) is 13.7 Å². The second kappa shape index (κ2) is 6.72. The van der Waals surface area contributed by atoms with Gasteiger partial charge in [0.25, 0.3) is 10.2 Å². The van der Waals surface area contributed by atoms with Crippen molar-refractivity contribution in [1.29, 1.82) is 0 Å². The number of aliphatic hydroxyl groups excluding tert-OH is 1. The summed E-state index contributed by atoms with van der Waals surface area (Å²) in [5.74, 6) is -0.834. The van der Waals surface area contributed by atoms with Gasteiger partial charge in [0, 0.05) is 6.54 Å². The van der Waals surface area contributed by atoms with Crippen molar-refractivity contribution in [3.05, 3.63) is 0 Å². The van der Waals surface area contributed by atoms with E-state index in [4.69, 9.17) is 5.11 Å². The van der Waals surface area contributed by atoms with Gasteiger partial charge in [-0.05, 0) is 6.42 Å². The van der Waals surface area contributed by atoms with E-state index in [1.807, 2.05) is 4.72 Å². The van der Waals surface area contributed by atoms with Crippen molar-refractivity contribution in [2.75, 3.05) is 20.3 Å². The van der Waals surface area contributed by atoms with Crippen molar-refractivity contribution < 1.29 is 23.1 Å². The minimum absolute atomic E-state index is 0.259. The second-order valence-electron chi connectivity index (χ2n) is 2.77. The van der Waals surface area contributed by atoms with E-state index in [1.165, 1.54) is 0 Å². The molecule has 0 aliphatic heterocycles. The maximum absolute atomic E-state index is 11.2. The van der Waals surface area contributed by atoms with Gasteiger partial charge in [-0.3, -0.25) is 4.79 Å². The maximum atomic E-state index is 11.2. The van der Waals surface area contributed by atoms with Crippen molar-refractivity contribution in [2.24, 2.45) is 0 Å². The van der Waals surface area contributed by atoms with Gasteiger partial charge >= 0.3 is 5.97 Å². The number of carbonyl (C=O) groups excluding carboxylic acids is 1. The van der Waals surface area contributed by atoms with E-state index in [-0.39, 0.29) is 6.54 Å². The summed E-state index contributed by atoms with van der Waals surface area (Å²) in [6.07, 6.45) is 0.628. The molecule has 90 valence electrons. The molecule has 0 aromatic carbocycles. The van der Waals surface area contributed by atoms with E-state index in [0.717, 1.165) is 7.11 Å². The van der Waals surface area contributed by atoms with E-state index >= 15 is 0 Å². The highest BCUT2D eigenvalue weighted by Gasteiger charge is 2.23. The van der Waals surface area contributed by atoms with Crippen LogP contribution >= 0.6 is 0 Å². The van der Waals surface area contributed by atoms with E-state index in [9.17, 15) is 13.2 Å². The molecule has 0 heterocycles. The van der Waals surface area contributed by atoms with Gasteiger partial charge in [0.2, 0.25) is 0 Å². The summed E-state index contributed by atoms with van der Waals surface area (Å²) in [5.41, 5.74) is 0. The van der Waals surface area contributed by atoms with Crippen LogP contribution in [0.4, 0.5) is 0 Å². The number of rotatable bonds is 7. The summed E-state index contributed by atoms with van der Waals surface area (Å²) in [7, 11) is -2.66. The number of carbonyl (C=O) groups is 1. The first-order chi connectivity index (χ1) is 6.96. The van der Waals surface area contributed by atoms with Gasteiger partial charge in [-0.1, -0.05) is 6.92 Å². The van der Waals surface area contributed by atoms with Gasteiger partial charge in [0.15, 0.2) is 0 Å². The first-order valence-electron chi connectivity index (χ1n) is 4.42. The Morgan fingerprint density at radius 1 is 1.53 bits per heavy atom. The average molecular weight is 240 g/mol. The predicted molar refractivity (Wildman–Crippen MR) is 53.2 cm³/mol. The number of hydrogen-bond donors (Lipinski definition) is 3. The Hall–Kier alpha value is -0.700. The molecule has 0 aliphatic rings. The van der Waals surface area contributed by atoms with Crippen LogP contribution in [0.25, 0.3) is 0 Å². The minimum Gasteiger partial charge on any atom is -0.468 e. The van der Waals surface area contributed by atoms with Crippen LogP contribution in [0.5, 0.6) is 0 Å². The van der Waals surface area contributed by atoms with Crippen molar-refractivity contribution in [3.8, 4) is 0 Å². The van der Waals surface area contributed by atoms with Crippen LogP contribution in [0.2, 0.25) is 0 Å². The fourth-order valence-corrected chi connectivity index (χ4v) is 1.87. The minimum atomic E-state index is -3.77. The standard InChI is InChI=1S/C7H16N2O5S/c1-3-4-8-15(12,13)9-6(5-10)7(11)14-2/h6,8-10H,3-5H2,1-2H3. The first-order valence-corrected chi connectivity index (χ1v) is 5.90. The lowest BCUT2D eigenvalue weighted by atomic mass is 10.3. The summed E-state index contributed by atoms with van der Waals surface area (Å²) in [4.78, 5) is 11.0. The van der Waals surface area contributed by atoms with Crippen LogP contribution < -0.4 is 9.44 Å². The van der Waals surface area contributed by atoms with Crippen LogP contribution in [0.1, 0.15) is 13.3 Å². The quantitative estimate of drug-likeness (QED) is 0.463. The number of aliphatic hydroxyl groups is 1. The molecule has 0 amide bonds. The Morgan fingerprint density at radius 2 is 2.13 bits per heavy atom. The molecule has 0 aromatic heterocycles. The van der Waals surface area contributed by atoms with Crippen LogP contribution in [-0.4, -0.2) is 45.8 Å². The number of nitrogens with one attached hydrogen (secondary N) is 2. The van der Waals surface area contributed by atoms with Gasteiger partial charge in [0.1, 0.15) is 6.04 Å². The maximum Gasteiger partial charge on any atom is 0.326 e. The van der Waals surface area contributed by atoms with Crippen molar-refractivity contribution in [1.82, 2.24) is 9.44 Å². The molecule has 1 unspecified atom stereocenters. The molecule has 8 heteroatoms. The van der Waals surface area contributed by atoms with E-state index < -0.39 is 28.8 Å². The van der Waals surface area contributed by atoms with E-state index in [1.54, 1.807) is 6.92 Å². The molecule has 0 radical (unpaired) electrons. The molecular formula is C7H16N2O5S. The smallest absolute Gasteiger partial charge is 0.326 e. The summed E-state index contributed by atoms with van der Waals surface area (Å²) in [6.45, 7) is 1.40. The van der Waals surface area contributed by atoms with Crippen LogP contribution in [0.3, 0.4) is 0 Å². The Balaban J connectivity index is 4.34. The Kier molecular flexibility index (Phi) is 6.41. The fourth-order valence-electron chi connectivity index (χ4n) is 0.768. The highest BCUT2D eigenvalue weighted by atomic mass is 32.2. The van der Waals surface area contributed by atoms with Crippen LogP contribution in [0, 0.1) is 0 Å². The first kappa shape index (κ1) is 14.3. The van der Waals surface area contributed by atoms with Crippen molar-refractivity contribution >= 4 is 16.2 Å².